The number of H-pyrrole nitrogens is 1. The maximum Gasteiger partial charge on any atom is 0.179 e. The summed E-state index contributed by atoms with van der Waals surface area (Å²) in [5.74, 6) is 0.862. The molecule has 0 atom stereocenters. The summed E-state index contributed by atoms with van der Waals surface area (Å²) in [7, 11) is 0. The van der Waals surface area contributed by atoms with E-state index in [9.17, 15) is 0 Å². The van der Waals surface area contributed by atoms with Crippen molar-refractivity contribution in [2.24, 2.45) is 0 Å². The third-order valence-corrected chi connectivity index (χ3v) is 2.93. The van der Waals surface area contributed by atoms with Crippen molar-refractivity contribution in [2.75, 3.05) is 5.32 Å². The summed E-state index contributed by atoms with van der Waals surface area (Å²) in [6, 6.07) is 2.56. The van der Waals surface area contributed by atoms with Crippen molar-refractivity contribution in [1.29, 1.82) is 0 Å². The van der Waals surface area contributed by atoms with Crippen LogP contribution in [-0.2, 0) is 0 Å². The van der Waals surface area contributed by atoms with E-state index in [0.29, 0.717) is 17.3 Å². The zero-order valence-corrected chi connectivity index (χ0v) is 9.01. The minimum atomic E-state index is 0.561. The molecule has 0 saturated heterocycles. The van der Waals surface area contributed by atoms with E-state index in [4.69, 9.17) is 0 Å². The Morgan fingerprint density at radius 2 is 2.12 bits per heavy atom. The summed E-state index contributed by atoms with van der Waals surface area (Å²) in [5, 5.41) is 4.33. The Bertz CT molecular complexity index is 699. The number of rotatable bonds is 2. The molecule has 0 amide bonds. The molecular weight excluding hydrogens is 216 g/mol. The number of hydrogen-bond acceptors (Lipinski definition) is 5. The molecule has 0 unspecified atom stereocenters. The molecule has 6 nitrogen and oxygen atoms in total. The SMILES string of the molecule is c1nc(NC2CC2)c2cc3[nH]cnc3nc2n1. The quantitative estimate of drug-likeness (QED) is 0.691. The molecule has 0 aromatic carbocycles. The van der Waals surface area contributed by atoms with Gasteiger partial charge in [-0.2, -0.15) is 0 Å². The lowest BCUT2D eigenvalue weighted by Crippen LogP contribution is -2.04. The molecule has 3 heterocycles. The first-order chi connectivity index (χ1) is 8.40. The first kappa shape index (κ1) is 8.86. The number of anilines is 1. The molecule has 1 aliphatic rings. The van der Waals surface area contributed by atoms with Crippen molar-refractivity contribution in [3.05, 3.63) is 18.7 Å². The van der Waals surface area contributed by atoms with Gasteiger partial charge in [0.1, 0.15) is 12.1 Å². The molecule has 0 aliphatic heterocycles. The predicted octanol–water partition coefficient (Wildman–Crippen LogP) is 1.48. The summed E-state index contributed by atoms with van der Waals surface area (Å²) in [6.45, 7) is 0. The van der Waals surface area contributed by atoms with Crippen LogP contribution in [-0.4, -0.2) is 31.0 Å². The first-order valence-corrected chi connectivity index (χ1v) is 5.61. The van der Waals surface area contributed by atoms with Crippen LogP contribution in [0.4, 0.5) is 5.82 Å². The summed E-state index contributed by atoms with van der Waals surface area (Å²) in [6.07, 6.45) is 5.60. The van der Waals surface area contributed by atoms with Crippen LogP contribution >= 0.6 is 0 Å². The highest BCUT2D eigenvalue weighted by atomic mass is 15.1. The standard InChI is InChI=1S/C11H10N6/c1-2-6(1)16-9-7-3-8-11(15-4-12-8)17-10(7)14-5-13-9/h3-6H,1-2H2,(H2,12,13,14,15,16,17). The van der Waals surface area contributed by atoms with Crippen LogP contribution in [0.2, 0.25) is 0 Å². The van der Waals surface area contributed by atoms with Gasteiger partial charge in [0.2, 0.25) is 0 Å². The van der Waals surface area contributed by atoms with E-state index in [1.54, 1.807) is 12.7 Å². The van der Waals surface area contributed by atoms with Crippen LogP contribution in [0, 0.1) is 0 Å². The molecule has 3 aromatic rings. The Kier molecular flexibility index (Phi) is 1.63. The molecule has 1 aliphatic carbocycles. The molecular formula is C11H10N6. The fourth-order valence-corrected chi connectivity index (χ4v) is 1.88. The molecule has 6 heteroatoms. The molecule has 0 radical (unpaired) electrons. The summed E-state index contributed by atoms with van der Waals surface area (Å²) < 4.78 is 0. The molecule has 17 heavy (non-hydrogen) atoms. The molecule has 4 rings (SSSR count). The van der Waals surface area contributed by atoms with E-state index in [-0.39, 0.29) is 0 Å². The average Bonchev–Trinajstić information content (AvgIpc) is 3.04. The Labute approximate surface area is 96.5 Å². The van der Waals surface area contributed by atoms with Crippen molar-refractivity contribution in [3.63, 3.8) is 0 Å². The number of nitrogens with one attached hydrogen (secondary N) is 2. The topological polar surface area (TPSA) is 79.4 Å². The second kappa shape index (κ2) is 3.13. The monoisotopic (exact) mass is 226 g/mol. The van der Waals surface area contributed by atoms with Crippen LogP contribution in [0.5, 0.6) is 0 Å². The van der Waals surface area contributed by atoms with Crippen molar-refractivity contribution in [1.82, 2.24) is 24.9 Å². The van der Waals surface area contributed by atoms with Gasteiger partial charge in [-0.25, -0.2) is 19.9 Å². The van der Waals surface area contributed by atoms with Crippen LogP contribution in [0.1, 0.15) is 12.8 Å². The second-order valence-electron chi connectivity index (χ2n) is 4.27. The third-order valence-electron chi connectivity index (χ3n) is 2.93. The zero-order chi connectivity index (χ0) is 11.2. The molecule has 0 spiro atoms. The van der Waals surface area contributed by atoms with Gasteiger partial charge in [0.25, 0.3) is 0 Å². The van der Waals surface area contributed by atoms with Gasteiger partial charge in [-0.15, -0.1) is 0 Å². The van der Waals surface area contributed by atoms with E-state index in [1.165, 1.54) is 12.8 Å². The summed E-state index contributed by atoms with van der Waals surface area (Å²) >= 11 is 0. The fourth-order valence-electron chi connectivity index (χ4n) is 1.88. The fraction of sp³-hybridized carbons (Fsp3) is 0.273. The lowest BCUT2D eigenvalue weighted by molar-refractivity contribution is 1.10. The van der Waals surface area contributed by atoms with Crippen molar-refractivity contribution in [2.45, 2.75) is 18.9 Å². The summed E-state index contributed by atoms with van der Waals surface area (Å²) in [4.78, 5) is 20.0. The van der Waals surface area contributed by atoms with Gasteiger partial charge < -0.3 is 10.3 Å². The van der Waals surface area contributed by atoms with E-state index >= 15 is 0 Å². The minimum Gasteiger partial charge on any atom is -0.367 e. The van der Waals surface area contributed by atoms with Gasteiger partial charge in [-0.1, -0.05) is 0 Å². The van der Waals surface area contributed by atoms with Crippen molar-refractivity contribution >= 4 is 28.0 Å². The van der Waals surface area contributed by atoms with Gasteiger partial charge in [-0.05, 0) is 18.9 Å². The summed E-state index contributed by atoms with van der Waals surface area (Å²) in [5.41, 5.74) is 2.28. The number of aromatic amines is 1. The Balaban J connectivity index is 1.98. The molecule has 1 saturated carbocycles. The molecule has 84 valence electrons. The Morgan fingerprint density at radius 3 is 3.00 bits per heavy atom. The van der Waals surface area contributed by atoms with E-state index in [1.807, 2.05) is 6.07 Å². The second-order valence-corrected chi connectivity index (χ2v) is 4.27. The van der Waals surface area contributed by atoms with Gasteiger partial charge in [0, 0.05) is 6.04 Å². The normalized spacial score (nSPS) is 15.5. The minimum absolute atomic E-state index is 0.561. The molecule has 2 N–H and O–H groups in total. The number of fused-ring (bicyclic) bond motifs is 2. The van der Waals surface area contributed by atoms with Crippen LogP contribution in [0.15, 0.2) is 18.7 Å². The van der Waals surface area contributed by atoms with Crippen molar-refractivity contribution in [3.8, 4) is 0 Å². The average molecular weight is 226 g/mol. The van der Waals surface area contributed by atoms with Crippen molar-refractivity contribution < 1.29 is 0 Å². The molecule has 0 bridgehead atoms. The Hall–Kier alpha value is -2.24. The number of aromatic nitrogens is 5. The predicted molar refractivity (Wildman–Crippen MR) is 63.6 cm³/mol. The highest BCUT2D eigenvalue weighted by Crippen LogP contribution is 2.27. The van der Waals surface area contributed by atoms with Gasteiger partial charge >= 0.3 is 0 Å². The zero-order valence-electron chi connectivity index (χ0n) is 9.01. The van der Waals surface area contributed by atoms with Crippen LogP contribution < -0.4 is 5.32 Å². The van der Waals surface area contributed by atoms with E-state index in [0.717, 1.165) is 16.7 Å². The maximum atomic E-state index is 4.39. The van der Waals surface area contributed by atoms with Crippen LogP contribution in [0.3, 0.4) is 0 Å². The molecule has 3 aromatic heterocycles. The largest absolute Gasteiger partial charge is 0.367 e. The highest BCUT2D eigenvalue weighted by Gasteiger charge is 2.22. The van der Waals surface area contributed by atoms with Gasteiger partial charge in [0.05, 0.1) is 17.2 Å². The molecule has 1 fully saturated rings. The first-order valence-electron chi connectivity index (χ1n) is 5.61. The van der Waals surface area contributed by atoms with Gasteiger partial charge in [0.15, 0.2) is 11.3 Å². The van der Waals surface area contributed by atoms with Crippen LogP contribution in [0.25, 0.3) is 22.2 Å². The number of nitrogens with zero attached hydrogens (tertiary/aromatic N) is 4. The highest BCUT2D eigenvalue weighted by molar-refractivity contribution is 5.93. The number of hydrogen-bond donors (Lipinski definition) is 2. The maximum absolute atomic E-state index is 4.39. The lowest BCUT2D eigenvalue weighted by Gasteiger charge is -2.05. The van der Waals surface area contributed by atoms with E-state index < -0.39 is 0 Å². The Morgan fingerprint density at radius 1 is 1.18 bits per heavy atom. The lowest BCUT2D eigenvalue weighted by atomic mass is 10.3. The van der Waals surface area contributed by atoms with Gasteiger partial charge in [-0.3, -0.25) is 0 Å². The van der Waals surface area contributed by atoms with E-state index in [2.05, 4.69) is 30.2 Å². The third kappa shape index (κ3) is 1.41. The smallest absolute Gasteiger partial charge is 0.179 e. The number of imidazole rings is 1. The number of pyridine rings is 1.